The van der Waals surface area contributed by atoms with Crippen molar-refractivity contribution in [3.63, 3.8) is 0 Å². The van der Waals surface area contributed by atoms with Gasteiger partial charge in [0.25, 0.3) is 0 Å². The summed E-state index contributed by atoms with van der Waals surface area (Å²) in [5, 5.41) is 1.12. The Bertz CT molecular complexity index is 2040. The van der Waals surface area contributed by atoms with Crippen LogP contribution in [-0.4, -0.2) is 17.1 Å². The van der Waals surface area contributed by atoms with Gasteiger partial charge in [-0.1, -0.05) is 102 Å². The largest absolute Gasteiger partial charge is 2.00 e. The van der Waals surface area contributed by atoms with Crippen LogP contribution in [0.15, 0.2) is 30.3 Å². The maximum absolute atomic E-state index is 6.00. The fraction of sp³-hybridized carbons (Fsp3) is 0.476. The van der Waals surface area contributed by atoms with Crippen LogP contribution in [0.3, 0.4) is 0 Å². The summed E-state index contributed by atoms with van der Waals surface area (Å²) >= 11 is 0. The number of hydrogen-bond acceptors (Lipinski definition) is 3. The minimum atomic E-state index is -0.254. The van der Waals surface area contributed by atoms with Gasteiger partial charge in [-0.05, 0) is 92.0 Å². The molecule has 5 nitrogen and oxygen atoms in total. The van der Waals surface area contributed by atoms with E-state index >= 15 is 0 Å². The summed E-state index contributed by atoms with van der Waals surface area (Å²) in [6, 6.07) is 11.4. The van der Waals surface area contributed by atoms with Gasteiger partial charge in [0.15, 0.2) is 0 Å². The van der Waals surface area contributed by atoms with Crippen LogP contribution >= 0.6 is 0 Å². The van der Waals surface area contributed by atoms with Gasteiger partial charge in [-0.3, -0.25) is 4.98 Å². The molecule has 1 aromatic carbocycles. The Morgan fingerprint density at radius 1 is 0.667 bits per heavy atom. The summed E-state index contributed by atoms with van der Waals surface area (Å²) in [6.45, 7) is 20.3. The van der Waals surface area contributed by atoms with Crippen LogP contribution in [0.1, 0.15) is 145 Å². The van der Waals surface area contributed by atoms with Crippen LogP contribution in [0.4, 0.5) is 0 Å². The van der Waals surface area contributed by atoms with Crippen LogP contribution in [0, 0.1) is 0 Å². The fourth-order valence-corrected chi connectivity index (χ4v) is 8.64. The number of rotatable bonds is 10. The molecule has 248 valence electrons. The van der Waals surface area contributed by atoms with Crippen molar-refractivity contribution in [3.8, 4) is 0 Å². The van der Waals surface area contributed by atoms with Crippen molar-refractivity contribution >= 4 is 44.1 Å². The third kappa shape index (κ3) is 5.43. The SMILES string of the molecule is CCC1=C(CC)c2cc3[n-]c(cc4[n-]c(c(CC)c4CC)c4ccc(C(C)OC)c5c4nc(cc1n2)C5(CC)CC)c(CC)c3CC.[Zn+2]. The van der Waals surface area contributed by atoms with Crippen molar-refractivity contribution in [1.29, 1.82) is 0 Å². The molecular formula is C42H52N4OZn. The van der Waals surface area contributed by atoms with Crippen molar-refractivity contribution in [1.82, 2.24) is 19.9 Å². The van der Waals surface area contributed by atoms with E-state index in [0.29, 0.717) is 0 Å². The molecular weight excluding hydrogens is 642 g/mol. The van der Waals surface area contributed by atoms with E-state index in [1.807, 2.05) is 7.11 Å². The quantitative estimate of drug-likeness (QED) is 0.155. The van der Waals surface area contributed by atoms with Crippen molar-refractivity contribution in [2.24, 2.45) is 0 Å². The van der Waals surface area contributed by atoms with Crippen LogP contribution in [0.5, 0.6) is 0 Å². The Hall–Kier alpha value is -3.08. The average Bonchev–Trinajstić information content (AvgIpc) is 3.81. The first-order chi connectivity index (χ1) is 22.8. The standard InChI is InChI=1S/C42H52N4O.Zn/c1-11-25-26(12-2)35-22-36-29(15-5)30(16-6)40(45-36)32-20-19-31(24(9)47-10)39-41(32)46-38(42(39,17-7)18-8)23-37-28(14-4)27(13-3)34(44-37)21-33(25)43-35;/h19-24H,11-18H2,1-10H3;/q-2;+2. The van der Waals surface area contributed by atoms with E-state index in [9.17, 15) is 0 Å². The molecule has 1 unspecified atom stereocenters. The number of fused-ring (bicyclic) bond motifs is 8. The van der Waals surface area contributed by atoms with E-state index in [2.05, 4.69) is 92.6 Å². The molecule has 6 heteroatoms. The molecule has 0 N–H and O–H groups in total. The van der Waals surface area contributed by atoms with Crippen molar-refractivity contribution in [2.45, 2.75) is 125 Å². The second-order valence-electron chi connectivity index (χ2n) is 13.1. The van der Waals surface area contributed by atoms with E-state index in [0.717, 1.165) is 101 Å². The number of nitrogens with zero attached hydrogens (tertiary/aromatic N) is 4. The van der Waals surface area contributed by atoms with E-state index in [-0.39, 0.29) is 31.0 Å². The summed E-state index contributed by atoms with van der Waals surface area (Å²) in [7, 11) is 1.81. The normalized spacial score (nSPS) is 14.6. The number of methoxy groups -OCH3 is 1. The van der Waals surface area contributed by atoms with Crippen molar-refractivity contribution < 1.29 is 24.2 Å². The molecule has 48 heavy (non-hydrogen) atoms. The summed E-state index contributed by atoms with van der Waals surface area (Å²) in [4.78, 5) is 21.8. The van der Waals surface area contributed by atoms with E-state index in [1.54, 1.807) is 0 Å². The third-order valence-electron chi connectivity index (χ3n) is 11.2. The predicted molar refractivity (Wildman–Crippen MR) is 198 cm³/mol. The van der Waals surface area contributed by atoms with Gasteiger partial charge in [0, 0.05) is 12.5 Å². The van der Waals surface area contributed by atoms with Crippen LogP contribution in [0.2, 0.25) is 0 Å². The van der Waals surface area contributed by atoms with Gasteiger partial charge >= 0.3 is 19.5 Å². The maximum Gasteiger partial charge on any atom is 2.00 e. The van der Waals surface area contributed by atoms with Gasteiger partial charge in [0.1, 0.15) is 0 Å². The molecule has 6 rings (SSSR count). The second-order valence-corrected chi connectivity index (χ2v) is 13.1. The van der Waals surface area contributed by atoms with Gasteiger partial charge in [-0.15, -0.1) is 22.1 Å². The summed E-state index contributed by atoms with van der Waals surface area (Å²) in [5.41, 5.74) is 18.6. The van der Waals surface area contributed by atoms with Crippen molar-refractivity contribution in [2.75, 3.05) is 7.11 Å². The molecule has 2 aliphatic rings. The van der Waals surface area contributed by atoms with Crippen LogP contribution in [0.25, 0.3) is 44.1 Å². The van der Waals surface area contributed by atoms with Gasteiger partial charge in [0.2, 0.25) is 0 Å². The first-order valence-electron chi connectivity index (χ1n) is 18.2. The fourth-order valence-electron chi connectivity index (χ4n) is 8.64. The topological polar surface area (TPSA) is 63.2 Å². The number of allylic oxidation sites excluding steroid dienone is 2. The van der Waals surface area contributed by atoms with Gasteiger partial charge in [0.05, 0.1) is 28.7 Å². The Kier molecular flexibility index (Phi) is 10.9. The van der Waals surface area contributed by atoms with Crippen molar-refractivity contribution in [3.05, 3.63) is 80.8 Å². The molecule has 0 saturated carbocycles. The van der Waals surface area contributed by atoms with Gasteiger partial charge in [-0.2, -0.15) is 0 Å². The number of aryl methyl sites for hydroxylation is 4. The monoisotopic (exact) mass is 692 g/mol. The molecule has 0 saturated heterocycles. The Labute approximate surface area is 300 Å². The Balaban J connectivity index is 0.00000451. The molecule has 1 atom stereocenters. The number of benzene rings is 1. The predicted octanol–water partition coefficient (Wildman–Crippen LogP) is 10.5. The summed E-state index contributed by atoms with van der Waals surface area (Å²) in [6.07, 6.45) is 7.36. The molecule has 0 fully saturated rings. The zero-order valence-corrected chi connectivity index (χ0v) is 34.0. The maximum atomic E-state index is 6.00. The molecule has 4 aromatic rings. The third-order valence-corrected chi connectivity index (χ3v) is 11.2. The Morgan fingerprint density at radius 2 is 1.21 bits per heavy atom. The summed E-state index contributed by atoms with van der Waals surface area (Å²) < 4.78 is 6.00. The van der Waals surface area contributed by atoms with Gasteiger partial charge in [-0.25, -0.2) is 4.98 Å². The molecule has 0 radical (unpaired) electrons. The van der Waals surface area contributed by atoms with Crippen LogP contribution in [-0.2, 0) is 55.3 Å². The first kappa shape index (κ1) is 36.2. The minimum Gasteiger partial charge on any atom is -0.657 e. The molecule has 0 aliphatic carbocycles. The molecule has 0 amide bonds. The average molecular weight is 694 g/mol. The zero-order valence-electron chi connectivity index (χ0n) is 31.0. The molecule has 0 spiro atoms. The second kappa shape index (κ2) is 14.4. The molecule has 3 aromatic heterocycles. The van der Waals surface area contributed by atoms with E-state index < -0.39 is 0 Å². The molecule has 8 bridgehead atoms. The number of hydrogen-bond donors (Lipinski definition) is 0. The molecule has 5 heterocycles. The van der Waals surface area contributed by atoms with Gasteiger partial charge < -0.3 is 14.7 Å². The van der Waals surface area contributed by atoms with E-state index in [4.69, 9.17) is 24.7 Å². The van der Waals surface area contributed by atoms with E-state index in [1.165, 1.54) is 44.5 Å². The Morgan fingerprint density at radius 3 is 1.75 bits per heavy atom. The zero-order chi connectivity index (χ0) is 33.6. The summed E-state index contributed by atoms with van der Waals surface area (Å²) in [5.74, 6) is 0. The molecule has 2 aliphatic heterocycles. The first-order valence-corrected chi connectivity index (χ1v) is 18.2. The number of aromatic nitrogens is 4. The smallest absolute Gasteiger partial charge is 0.657 e. The number of ether oxygens (including phenoxy) is 1. The van der Waals surface area contributed by atoms with Crippen LogP contribution < -0.4 is 9.97 Å². The minimum absolute atomic E-state index is 0.